The largest absolute Gasteiger partial charge is 0.335 e. The molecule has 0 heterocycles. The fourth-order valence-electron chi connectivity index (χ4n) is 2.31. The van der Waals surface area contributed by atoms with E-state index in [2.05, 4.69) is 27.4 Å². The Balaban J connectivity index is 4.55. The number of amides is 1. The highest BCUT2D eigenvalue weighted by Gasteiger charge is 2.22. The summed E-state index contributed by atoms with van der Waals surface area (Å²) in [4.78, 5) is 16.2. The van der Waals surface area contributed by atoms with E-state index in [1.807, 2.05) is 30.0 Å². The number of carbonyl (C=O) groups excluding carboxylic acids is 1. The minimum absolute atomic E-state index is 0.0836. The molecule has 0 atom stereocenters. The molecule has 0 rings (SSSR count). The van der Waals surface area contributed by atoms with Gasteiger partial charge in [-0.15, -0.1) is 6.58 Å². The average molecular weight is 294 g/mol. The lowest BCUT2D eigenvalue weighted by molar-refractivity contribution is -0.126. The van der Waals surface area contributed by atoms with Crippen LogP contribution < -0.4 is 0 Å². The molecule has 0 radical (unpaired) electrons. The normalized spacial score (nSPS) is 12.1. The van der Waals surface area contributed by atoms with Crippen molar-refractivity contribution >= 4 is 5.91 Å². The van der Waals surface area contributed by atoms with Gasteiger partial charge in [0.2, 0.25) is 5.91 Å². The summed E-state index contributed by atoms with van der Waals surface area (Å²) in [6.07, 6.45) is 10.3. The molecule has 0 aromatic heterocycles. The van der Waals surface area contributed by atoms with Crippen molar-refractivity contribution in [1.82, 2.24) is 9.80 Å². The molecule has 1 amide bonds. The van der Waals surface area contributed by atoms with E-state index >= 15 is 0 Å². The highest BCUT2D eigenvalue weighted by molar-refractivity contribution is 5.87. The van der Waals surface area contributed by atoms with Gasteiger partial charge >= 0.3 is 0 Å². The summed E-state index contributed by atoms with van der Waals surface area (Å²) >= 11 is 0. The maximum Gasteiger partial charge on any atom is 0.246 e. The van der Waals surface area contributed by atoms with Gasteiger partial charge < -0.3 is 9.80 Å². The van der Waals surface area contributed by atoms with Crippen molar-refractivity contribution in [1.29, 1.82) is 0 Å². The third-order valence-electron chi connectivity index (χ3n) is 3.47. The number of hydrogen-bond acceptors (Lipinski definition) is 2. The Bertz CT molecular complexity index is 332. The van der Waals surface area contributed by atoms with Crippen LogP contribution in [0.1, 0.15) is 46.5 Å². The van der Waals surface area contributed by atoms with Crippen molar-refractivity contribution in [2.24, 2.45) is 5.41 Å². The van der Waals surface area contributed by atoms with E-state index in [9.17, 15) is 4.79 Å². The Morgan fingerprint density at radius 1 is 1.19 bits per heavy atom. The summed E-state index contributed by atoms with van der Waals surface area (Å²) in [7, 11) is 3.99. The van der Waals surface area contributed by atoms with Gasteiger partial charge in [0, 0.05) is 25.7 Å². The second-order valence-electron chi connectivity index (χ2n) is 6.79. The fraction of sp³-hybridized carbons (Fsp3) is 0.722. The van der Waals surface area contributed by atoms with Gasteiger partial charge in [0.25, 0.3) is 0 Å². The molecule has 0 aliphatic heterocycles. The second kappa shape index (κ2) is 10.6. The van der Waals surface area contributed by atoms with E-state index in [4.69, 9.17) is 0 Å². The summed E-state index contributed by atoms with van der Waals surface area (Å²) in [5.74, 6) is 0.0836. The first kappa shape index (κ1) is 19.9. The van der Waals surface area contributed by atoms with Crippen LogP contribution in [-0.4, -0.2) is 49.4 Å². The number of likely N-dealkylation sites (N-methyl/N-ethyl adjacent to an activating group) is 1. The van der Waals surface area contributed by atoms with Crippen molar-refractivity contribution in [3.05, 3.63) is 24.8 Å². The van der Waals surface area contributed by atoms with E-state index in [1.165, 1.54) is 19.3 Å². The van der Waals surface area contributed by atoms with E-state index in [1.54, 1.807) is 12.2 Å². The van der Waals surface area contributed by atoms with Gasteiger partial charge in [0.15, 0.2) is 0 Å². The van der Waals surface area contributed by atoms with Crippen LogP contribution in [0.3, 0.4) is 0 Å². The minimum atomic E-state index is 0.0836. The number of rotatable bonds is 11. The van der Waals surface area contributed by atoms with Crippen LogP contribution in [0.4, 0.5) is 0 Å². The molecular formula is C18H34N2O. The molecule has 0 unspecified atom stereocenters. The molecule has 122 valence electrons. The molecule has 21 heavy (non-hydrogen) atoms. The highest BCUT2D eigenvalue weighted by atomic mass is 16.2. The highest BCUT2D eigenvalue weighted by Crippen LogP contribution is 2.25. The van der Waals surface area contributed by atoms with Crippen LogP contribution >= 0.6 is 0 Å². The van der Waals surface area contributed by atoms with Gasteiger partial charge in [-0.25, -0.2) is 0 Å². The molecule has 0 fully saturated rings. The Hall–Kier alpha value is -1.09. The van der Waals surface area contributed by atoms with Crippen molar-refractivity contribution in [2.75, 3.05) is 33.7 Å². The molecule has 0 aromatic carbocycles. The zero-order valence-corrected chi connectivity index (χ0v) is 14.7. The minimum Gasteiger partial charge on any atom is -0.335 e. The molecule has 3 heteroatoms. The lowest BCUT2D eigenvalue weighted by atomic mass is 9.86. The lowest BCUT2D eigenvalue weighted by Gasteiger charge is -2.32. The molecule has 0 aliphatic rings. The third kappa shape index (κ3) is 10.3. The topological polar surface area (TPSA) is 23.6 Å². The van der Waals surface area contributed by atoms with Crippen molar-refractivity contribution in [3.8, 4) is 0 Å². The maximum atomic E-state index is 12.3. The van der Waals surface area contributed by atoms with Gasteiger partial charge in [0.1, 0.15) is 0 Å². The molecule has 0 aliphatic carbocycles. The van der Waals surface area contributed by atoms with Crippen LogP contribution in [0, 0.1) is 5.41 Å². The van der Waals surface area contributed by atoms with Gasteiger partial charge in [-0.1, -0.05) is 52.2 Å². The molecule has 0 aromatic rings. The SMILES string of the molecule is C=CCN(CC(C)(C)CCCCC)C(=O)/C=C/CN(C)C. The fourth-order valence-corrected chi connectivity index (χ4v) is 2.31. The Labute approximate surface area is 131 Å². The van der Waals surface area contributed by atoms with E-state index in [-0.39, 0.29) is 11.3 Å². The molecular weight excluding hydrogens is 260 g/mol. The first-order chi connectivity index (χ1) is 9.82. The summed E-state index contributed by atoms with van der Waals surface area (Å²) in [5, 5.41) is 0. The number of nitrogens with zero attached hydrogens (tertiary/aromatic N) is 2. The van der Waals surface area contributed by atoms with Crippen LogP contribution in [0.25, 0.3) is 0 Å². The standard InChI is InChI=1S/C18H34N2O/c1-7-9-10-13-18(3,4)16-20(14-8-2)17(21)12-11-15-19(5)6/h8,11-12H,2,7,9-10,13-16H2,1,3-6H3/b12-11+. The average Bonchev–Trinajstić information content (AvgIpc) is 2.37. The predicted octanol–water partition coefficient (Wildman–Crippen LogP) is 3.73. The Morgan fingerprint density at radius 3 is 2.38 bits per heavy atom. The van der Waals surface area contributed by atoms with Gasteiger partial charge in [0.05, 0.1) is 0 Å². The zero-order chi connectivity index (χ0) is 16.3. The van der Waals surface area contributed by atoms with Gasteiger partial charge in [-0.05, 0) is 25.9 Å². The van der Waals surface area contributed by atoms with Crippen LogP contribution in [0.2, 0.25) is 0 Å². The van der Waals surface area contributed by atoms with Crippen LogP contribution in [0.5, 0.6) is 0 Å². The number of carbonyl (C=O) groups is 1. The third-order valence-corrected chi connectivity index (χ3v) is 3.47. The first-order valence-corrected chi connectivity index (χ1v) is 8.03. The van der Waals surface area contributed by atoms with Gasteiger partial charge in [-0.3, -0.25) is 4.79 Å². The van der Waals surface area contributed by atoms with E-state index in [0.29, 0.717) is 6.54 Å². The maximum absolute atomic E-state index is 12.3. The molecule has 0 saturated heterocycles. The monoisotopic (exact) mass is 294 g/mol. The van der Waals surface area contributed by atoms with E-state index < -0.39 is 0 Å². The van der Waals surface area contributed by atoms with Crippen molar-refractivity contribution in [2.45, 2.75) is 46.5 Å². The summed E-state index contributed by atoms with van der Waals surface area (Å²) < 4.78 is 0. The van der Waals surface area contributed by atoms with Crippen LogP contribution in [-0.2, 0) is 4.79 Å². The smallest absolute Gasteiger partial charge is 0.246 e. The Kier molecular flexibility index (Phi) is 10.1. The first-order valence-electron chi connectivity index (χ1n) is 8.03. The number of hydrogen-bond donors (Lipinski definition) is 0. The molecule has 0 saturated carbocycles. The zero-order valence-electron chi connectivity index (χ0n) is 14.7. The Morgan fingerprint density at radius 2 is 1.86 bits per heavy atom. The quantitative estimate of drug-likeness (QED) is 0.329. The molecule has 0 N–H and O–H groups in total. The van der Waals surface area contributed by atoms with Crippen molar-refractivity contribution in [3.63, 3.8) is 0 Å². The van der Waals surface area contributed by atoms with E-state index in [0.717, 1.165) is 19.5 Å². The summed E-state index contributed by atoms with van der Waals surface area (Å²) in [5.41, 5.74) is 0.156. The number of unbranched alkanes of at least 4 members (excludes halogenated alkanes) is 2. The predicted molar refractivity (Wildman–Crippen MR) is 92.4 cm³/mol. The summed E-state index contributed by atoms with van der Waals surface area (Å²) in [6.45, 7) is 12.7. The molecule has 0 spiro atoms. The molecule has 3 nitrogen and oxygen atoms in total. The van der Waals surface area contributed by atoms with Gasteiger partial charge in [-0.2, -0.15) is 0 Å². The van der Waals surface area contributed by atoms with Crippen LogP contribution in [0.15, 0.2) is 24.8 Å². The lowest BCUT2D eigenvalue weighted by Crippen LogP contribution is -2.38. The summed E-state index contributed by atoms with van der Waals surface area (Å²) in [6, 6.07) is 0. The molecule has 0 bridgehead atoms. The second-order valence-corrected chi connectivity index (χ2v) is 6.79. The van der Waals surface area contributed by atoms with Crippen molar-refractivity contribution < 1.29 is 4.79 Å².